The fraction of sp³-hybridized carbons (Fsp3) is 0.667. The van der Waals surface area contributed by atoms with E-state index in [0.717, 1.165) is 0 Å². The number of aliphatic carboxylic acids is 1. The second-order valence-corrected chi connectivity index (χ2v) is 3.66. The Bertz CT molecular complexity index is 414. The smallest absolute Gasteiger partial charge is 0.389 e. The topological polar surface area (TPSA) is 68.0 Å². The summed E-state index contributed by atoms with van der Waals surface area (Å²) in [5.41, 5.74) is 0. The van der Waals surface area contributed by atoms with Crippen molar-refractivity contribution in [1.82, 2.24) is 14.8 Å². The lowest BCUT2D eigenvalue weighted by atomic mass is 10.2. The van der Waals surface area contributed by atoms with E-state index in [-0.39, 0.29) is 18.1 Å². The van der Waals surface area contributed by atoms with Gasteiger partial charge in [-0.3, -0.25) is 0 Å². The number of hydrogen-bond acceptors (Lipinski definition) is 3. The Hall–Kier alpha value is -1.60. The Labute approximate surface area is 95.3 Å². The van der Waals surface area contributed by atoms with Crippen LogP contribution in [0.5, 0.6) is 0 Å². The first kappa shape index (κ1) is 13.5. The van der Waals surface area contributed by atoms with Crippen molar-refractivity contribution in [2.75, 3.05) is 0 Å². The molecule has 0 radical (unpaired) electrons. The van der Waals surface area contributed by atoms with E-state index >= 15 is 0 Å². The highest BCUT2D eigenvalue weighted by molar-refractivity contribution is 5.71. The molecule has 1 heterocycles. The standard InChI is InChI=1S/C9H12F3N3O2/c1-5(8(16)17)15-6(2)13-14-7(15)3-4-9(10,11)12/h5H,3-4H2,1-2H3,(H,16,17). The molecule has 96 valence electrons. The quantitative estimate of drug-likeness (QED) is 0.884. The molecule has 0 aromatic carbocycles. The largest absolute Gasteiger partial charge is 0.480 e. The molecular weight excluding hydrogens is 239 g/mol. The molecule has 1 N–H and O–H groups in total. The van der Waals surface area contributed by atoms with E-state index in [4.69, 9.17) is 5.11 Å². The normalized spacial score (nSPS) is 13.7. The fourth-order valence-electron chi connectivity index (χ4n) is 1.45. The molecule has 0 saturated carbocycles. The van der Waals surface area contributed by atoms with Crippen LogP contribution in [0.4, 0.5) is 13.2 Å². The van der Waals surface area contributed by atoms with Crippen molar-refractivity contribution in [2.45, 2.75) is 38.9 Å². The highest BCUT2D eigenvalue weighted by Gasteiger charge is 2.29. The lowest BCUT2D eigenvalue weighted by molar-refractivity contribution is -0.140. The van der Waals surface area contributed by atoms with Crippen molar-refractivity contribution < 1.29 is 23.1 Å². The van der Waals surface area contributed by atoms with Gasteiger partial charge in [0.25, 0.3) is 0 Å². The van der Waals surface area contributed by atoms with E-state index < -0.39 is 24.6 Å². The SMILES string of the molecule is Cc1nnc(CCC(F)(F)F)n1C(C)C(=O)O. The van der Waals surface area contributed by atoms with Crippen molar-refractivity contribution in [3.8, 4) is 0 Å². The van der Waals surface area contributed by atoms with Gasteiger partial charge in [-0.05, 0) is 13.8 Å². The first-order valence-electron chi connectivity index (χ1n) is 4.92. The molecule has 1 atom stereocenters. The van der Waals surface area contributed by atoms with E-state index in [1.807, 2.05) is 0 Å². The van der Waals surface area contributed by atoms with E-state index in [1.165, 1.54) is 18.4 Å². The molecule has 1 unspecified atom stereocenters. The monoisotopic (exact) mass is 251 g/mol. The van der Waals surface area contributed by atoms with Crippen LogP contribution in [-0.4, -0.2) is 32.0 Å². The predicted octanol–water partition coefficient (Wildman–Crippen LogP) is 1.73. The summed E-state index contributed by atoms with van der Waals surface area (Å²) in [4.78, 5) is 10.8. The van der Waals surface area contributed by atoms with Gasteiger partial charge in [0.05, 0.1) is 6.42 Å². The number of rotatable bonds is 4. The van der Waals surface area contributed by atoms with Crippen molar-refractivity contribution in [3.05, 3.63) is 11.6 Å². The van der Waals surface area contributed by atoms with Gasteiger partial charge in [-0.1, -0.05) is 0 Å². The number of halogens is 3. The molecule has 0 bridgehead atoms. The number of alkyl halides is 3. The minimum absolute atomic E-state index is 0.0368. The zero-order valence-electron chi connectivity index (χ0n) is 9.32. The molecule has 17 heavy (non-hydrogen) atoms. The molecule has 5 nitrogen and oxygen atoms in total. The summed E-state index contributed by atoms with van der Waals surface area (Å²) in [5.74, 6) is -0.812. The number of hydrogen-bond donors (Lipinski definition) is 1. The number of nitrogens with zero attached hydrogens (tertiary/aromatic N) is 3. The van der Waals surface area contributed by atoms with Crippen LogP contribution in [0.15, 0.2) is 0 Å². The fourth-order valence-corrected chi connectivity index (χ4v) is 1.45. The first-order chi connectivity index (χ1) is 7.72. The number of aryl methyl sites for hydroxylation is 2. The molecule has 0 fully saturated rings. The van der Waals surface area contributed by atoms with E-state index in [9.17, 15) is 18.0 Å². The third kappa shape index (κ3) is 3.43. The highest BCUT2D eigenvalue weighted by Crippen LogP contribution is 2.22. The summed E-state index contributed by atoms with van der Waals surface area (Å²) in [6.45, 7) is 2.87. The minimum atomic E-state index is -4.29. The van der Waals surface area contributed by atoms with Gasteiger partial charge in [-0.15, -0.1) is 10.2 Å². The molecule has 0 spiro atoms. The first-order valence-corrected chi connectivity index (χ1v) is 4.92. The van der Waals surface area contributed by atoms with Crippen LogP contribution in [-0.2, 0) is 11.2 Å². The zero-order chi connectivity index (χ0) is 13.2. The molecular formula is C9H12F3N3O2. The van der Waals surface area contributed by atoms with Crippen LogP contribution in [0.1, 0.15) is 31.0 Å². The Balaban J connectivity index is 2.90. The van der Waals surface area contributed by atoms with Crippen LogP contribution in [0.25, 0.3) is 0 Å². The van der Waals surface area contributed by atoms with Crippen LogP contribution >= 0.6 is 0 Å². The molecule has 0 aliphatic carbocycles. The van der Waals surface area contributed by atoms with Crippen LogP contribution < -0.4 is 0 Å². The Morgan fingerprint density at radius 1 is 1.47 bits per heavy atom. The summed E-state index contributed by atoms with van der Waals surface area (Å²) in [6.07, 6.45) is -5.71. The number of carboxylic acids is 1. The maximum atomic E-state index is 12.1. The minimum Gasteiger partial charge on any atom is -0.480 e. The van der Waals surface area contributed by atoms with Gasteiger partial charge in [0, 0.05) is 6.42 Å². The molecule has 0 amide bonds. The van der Waals surface area contributed by atoms with Gasteiger partial charge in [0.2, 0.25) is 0 Å². The average molecular weight is 251 g/mol. The van der Waals surface area contributed by atoms with Crippen LogP contribution in [0, 0.1) is 6.92 Å². The lowest BCUT2D eigenvalue weighted by Crippen LogP contribution is -2.20. The maximum absolute atomic E-state index is 12.1. The molecule has 0 aliphatic heterocycles. The second kappa shape index (κ2) is 4.72. The highest BCUT2D eigenvalue weighted by atomic mass is 19.4. The zero-order valence-corrected chi connectivity index (χ0v) is 9.32. The molecule has 1 aromatic rings. The maximum Gasteiger partial charge on any atom is 0.389 e. The molecule has 8 heteroatoms. The van der Waals surface area contributed by atoms with Gasteiger partial charge < -0.3 is 9.67 Å². The van der Waals surface area contributed by atoms with Crippen molar-refractivity contribution >= 4 is 5.97 Å². The van der Waals surface area contributed by atoms with E-state index in [2.05, 4.69) is 10.2 Å². The van der Waals surface area contributed by atoms with Crippen molar-refractivity contribution in [3.63, 3.8) is 0 Å². The summed E-state index contributed by atoms with van der Waals surface area (Å²) >= 11 is 0. The third-order valence-electron chi connectivity index (χ3n) is 2.31. The molecule has 0 aliphatic rings. The summed E-state index contributed by atoms with van der Waals surface area (Å²) in [7, 11) is 0. The van der Waals surface area contributed by atoms with Gasteiger partial charge in [-0.2, -0.15) is 13.2 Å². The number of carboxylic acid groups (broad SMARTS) is 1. The summed E-state index contributed by atoms with van der Waals surface area (Å²) in [6, 6.07) is -0.978. The van der Waals surface area contributed by atoms with Gasteiger partial charge in [0.15, 0.2) is 0 Å². The Morgan fingerprint density at radius 3 is 2.53 bits per heavy atom. The van der Waals surface area contributed by atoms with E-state index in [0.29, 0.717) is 0 Å². The molecule has 1 rings (SSSR count). The molecule has 1 aromatic heterocycles. The Kier molecular flexibility index (Phi) is 3.74. The number of aromatic nitrogens is 3. The van der Waals surface area contributed by atoms with Crippen molar-refractivity contribution in [1.29, 1.82) is 0 Å². The van der Waals surface area contributed by atoms with Gasteiger partial charge >= 0.3 is 12.1 Å². The van der Waals surface area contributed by atoms with Gasteiger partial charge in [0.1, 0.15) is 17.7 Å². The Morgan fingerprint density at radius 2 is 2.06 bits per heavy atom. The summed E-state index contributed by atoms with van der Waals surface area (Å²) in [5, 5.41) is 16.0. The third-order valence-corrected chi connectivity index (χ3v) is 2.31. The second-order valence-electron chi connectivity index (χ2n) is 3.66. The van der Waals surface area contributed by atoms with E-state index in [1.54, 1.807) is 0 Å². The van der Waals surface area contributed by atoms with Gasteiger partial charge in [-0.25, -0.2) is 4.79 Å². The predicted molar refractivity (Wildman–Crippen MR) is 51.5 cm³/mol. The summed E-state index contributed by atoms with van der Waals surface area (Å²) < 4.78 is 37.4. The van der Waals surface area contributed by atoms with Crippen molar-refractivity contribution in [2.24, 2.45) is 0 Å². The average Bonchev–Trinajstić information content (AvgIpc) is 2.54. The lowest BCUT2D eigenvalue weighted by Gasteiger charge is -2.13. The molecule has 0 saturated heterocycles. The number of carbonyl (C=O) groups is 1. The van der Waals surface area contributed by atoms with Crippen LogP contribution in [0.2, 0.25) is 0 Å². The van der Waals surface area contributed by atoms with Crippen LogP contribution in [0.3, 0.4) is 0 Å².